The topological polar surface area (TPSA) is 69.4 Å². The highest BCUT2D eigenvalue weighted by atomic mass is 15.1. The third-order valence-electron chi connectivity index (χ3n) is 11.1. The maximum absolute atomic E-state index is 5.27. The number of rotatable bonds is 8. The van der Waals surface area contributed by atoms with E-state index < -0.39 is 0 Å². The van der Waals surface area contributed by atoms with Crippen molar-refractivity contribution in [3.8, 4) is 84.9 Å². The average molecular weight is 781 g/mol. The molecule has 0 aliphatic heterocycles. The third kappa shape index (κ3) is 6.82. The van der Waals surface area contributed by atoms with Crippen molar-refractivity contribution in [1.29, 1.82) is 0 Å². The SMILES string of the molecule is c1ccc(-c2ccc3c(c2)c2ccccc2n3-c2ccc(-c3nc(-c4ccccc4)cc(-c4ccccc4)n3)cc2-c2nc(-c3ccccc3)nc(-c3ccccc3)n2)cc1. The smallest absolute Gasteiger partial charge is 0.166 e. The summed E-state index contributed by atoms with van der Waals surface area (Å²) in [6.45, 7) is 0. The summed E-state index contributed by atoms with van der Waals surface area (Å²) < 4.78 is 2.34. The van der Waals surface area contributed by atoms with Crippen molar-refractivity contribution in [2.75, 3.05) is 0 Å². The highest BCUT2D eigenvalue weighted by Gasteiger charge is 2.22. The van der Waals surface area contributed by atoms with E-state index in [4.69, 9.17) is 24.9 Å². The molecule has 0 aliphatic rings. The molecule has 0 saturated carbocycles. The van der Waals surface area contributed by atoms with Gasteiger partial charge in [-0.1, -0.05) is 176 Å². The minimum absolute atomic E-state index is 0.541. The van der Waals surface area contributed by atoms with Crippen LogP contribution in [0, 0.1) is 0 Å². The fourth-order valence-electron chi connectivity index (χ4n) is 8.11. The first-order valence-corrected chi connectivity index (χ1v) is 20.3. The van der Waals surface area contributed by atoms with Gasteiger partial charge in [0.05, 0.1) is 28.1 Å². The van der Waals surface area contributed by atoms with Gasteiger partial charge in [-0.05, 0) is 53.6 Å². The summed E-state index contributed by atoms with van der Waals surface area (Å²) in [6.07, 6.45) is 0. The molecule has 3 aromatic heterocycles. The van der Waals surface area contributed by atoms with Crippen LogP contribution in [0.3, 0.4) is 0 Å². The molecule has 11 aromatic rings. The molecule has 0 saturated heterocycles. The van der Waals surface area contributed by atoms with E-state index in [1.165, 1.54) is 5.56 Å². The summed E-state index contributed by atoms with van der Waals surface area (Å²) >= 11 is 0. The number of hydrogen-bond donors (Lipinski definition) is 0. The van der Waals surface area contributed by atoms with Gasteiger partial charge in [-0.15, -0.1) is 0 Å². The number of benzene rings is 8. The van der Waals surface area contributed by atoms with Gasteiger partial charge in [-0.25, -0.2) is 24.9 Å². The molecule has 0 fully saturated rings. The van der Waals surface area contributed by atoms with Crippen LogP contribution in [0.15, 0.2) is 218 Å². The van der Waals surface area contributed by atoms with E-state index in [0.29, 0.717) is 23.3 Å². The molecule has 8 aromatic carbocycles. The number of fused-ring (bicyclic) bond motifs is 3. The van der Waals surface area contributed by atoms with Crippen molar-refractivity contribution < 1.29 is 0 Å². The van der Waals surface area contributed by atoms with E-state index in [0.717, 1.165) is 77.8 Å². The number of nitrogens with zero attached hydrogens (tertiary/aromatic N) is 6. The molecule has 0 atom stereocenters. The summed E-state index contributed by atoms with van der Waals surface area (Å²) in [6, 6.07) is 75.1. The molecule has 61 heavy (non-hydrogen) atoms. The van der Waals surface area contributed by atoms with Gasteiger partial charge in [0.15, 0.2) is 23.3 Å². The zero-order valence-electron chi connectivity index (χ0n) is 33.0. The Bertz CT molecular complexity index is 3220. The molecule has 6 nitrogen and oxygen atoms in total. The predicted octanol–water partition coefficient (Wildman–Crippen LogP) is 13.4. The molecule has 0 N–H and O–H groups in total. The quantitative estimate of drug-likeness (QED) is 0.154. The Kier molecular flexibility index (Phi) is 9.06. The maximum Gasteiger partial charge on any atom is 0.166 e. The van der Waals surface area contributed by atoms with Crippen molar-refractivity contribution >= 4 is 21.8 Å². The van der Waals surface area contributed by atoms with Crippen LogP contribution in [-0.2, 0) is 0 Å². The largest absolute Gasteiger partial charge is 0.309 e. The van der Waals surface area contributed by atoms with Crippen molar-refractivity contribution in [1.82, 2.24) is 29.5 Å². The van der Waals surface area contributed by atoms with Crippen LogP contribution in [-0.4, -0.2) is 29.5 Å². The van der Waals surface area contributed by atoms with Crippen LogP contribution < -0.4 is 0 Å². The van der Waals surface area contributed by atoms with Crippen LogP contribution in [0.1, 0.15) is 0 Å². The van der Waals surface area contributed by atoms with E-state index in [1.807, 2.05) is 97.1 Å². The normalized spacial score (nSPS) is 11.3. The molecule has 0 amide bonds. The minimum Gasteiger partial charge on any atom is -0.309 e. The molecule has 6 heteroatoms. The second kappa shape index (κ2) is 15.4. The summed E-state index contributed by atoms with van der Waals surface area (Å²) in [5, 5.41) is 2.31. The van der Waals surface area contributed by atoms with Gasteiger partial charge in [0, 0.05) is 44.2 Å². The van der Waals surface area contributed by atoms with E-state index in [9.17, 15) is 0 Å². The third-order valence-corrected chi connectivity index (χ3v) is 11.1. The molecule has 0 radical (unpaired) electrons. The van der Waals surface area contributed by atoms with Gasteiger partial charge in [0.2, 0.25) is 0 Å². The van der Waals surface area contributed by atoms with Gasteiger partial charge in [0.1, 0.15) is 0 Å². The molecule has 0 aliphatic carbocycles. The Labute approximate surface area is 353 Å². The molecule has 3 heterocycles. The van der Waals surface area contributed by atoms with Crippen molar-refractivity contribution in [3.05, 3.63) is 218 Å². The van der Waals surface area contributed by atoms with Crippen LogP contribution in [0.2, 0.25) is 0 Å². The Balaban J connectivity index is 1.20. The van der Waals surface area contributed by atoms with Gasteiger partial charge in [0.25, 0.3) is 0 Å². The minimum atomic E-state index is 0.541. The number of para-hydroxylation sites is 1. The molecule has 0 bridgehead atoms. The van der Waals surface area contributed by atoms with Crippen LogP contribution in [0.25, 0.3) is 107 Å². The van der Waals surface area contributed by atoms with Crippen molar-refractivity contribution in [2.45, 2.75) is 0 Å². The summed E-state index contributed by atoms with van der Waals surface area (Å²) in [5.41, 5.74) is 12.6. The van der Waals surface area contributed by atoms with E-state index in [2.05, 4.69) is 126 Å². The molecule has 11 rings (SSSR count). The van der Waals surface area contributed by atoms with Crippen LogP contribution in [0.4, 0.5) is 0 Å². The Morgan fingerprint density at radius 3 is 1.28 bits per heavy atom. The van der Waals surface area contributed by atoms with Gasteiger partial charge >= 0.3 is 0 Å². The molecular weight excluding hydrogens is 745 g/mol. The van der Waals surface area contributed by atoms with E-state index in [-0.39, 0.29) is 0 Å². The first-order valence-electron chi connectivity index (χ1n) is 20.3. The highest BCUT2D eigenvalue weighted by molar-refractivity contribution is 6.11. The first kappa shape index (κ1) is 35.8. The standard InChI is InChI=1S/C55H36N6/c1-6-18-37(19-7-1)42-30-32-50-45(34-42)44-28-16-17-29-49(44)61(50)51-33-31-43(54-56-47(38-20-8-2-9-21-38)36-48(57-54)39-22-10-3-11-23-39)35-46(51)55-59-52(40-24-12-4-13-25-40)58-53(60-55)41-26-14-5-15-27-41/h1-36H. The Morgan fingerprint density at radius 2 is 0.705 bits per heavy atom. The molecule has 0 unspecified atom stereocenters. The Hall–Kier alpha value is -8.35. The van der Waals surface area contributed by atoms with Gasteiger partial charge < -0.3 is 4.57 Å². The summed E-state index contributed by atoms with van der Waals surface area (Å²) in [4.78, 5) is 26.0. The summed E-state index contributed by atoms with van der Waals surface area (Å²) in [5.74, 6) is 2.32. The number of hydrogen-bond acceptors (Lipinski definition) is 5. The molecule has 0 spiro atoms. The molecule has 286 valence electrons. The van der Waals surface area contributed by atoms with Gasteiger partial charge in [-0.2, -0.15) is 0 Å². The van der Waals surface area contributed by atoms with E-state index >= 15 is 0 Å². The fourth-order valence-corrected chi connectivity index (χ4v) is 8.11. The number of aromatic nitrogens is 6. The predicted molar refractivity (Wildman–Crippen MR) is 248 cm³/mol. The maximum atomic E-state index is 5.27. The van der Waals surface area contributed by atoms with Crippen LogP contribution >= 0.6 is 0 Å². The highest BCUT2D eigenvalue weighted by Crippen LogP contribution is 2.40. The Morgan fingerprint density at radius 1 is 0.262 bits per heavy atom. The lowest BCUT2D eigenvalue weighted by Crippen LogP contribution is -2.04. The second-order valence-electron chi connectivity index (χ2n) is 14.9. The van der Waals surface area contributed by atoms with Crippen LogP contribution in [0.5, 0.6) is 0 Å². The second-order valence-corrected chi connectivity index (χ2v) is 14.9. The lowest BCUT2D eigenvalue weighted by atomic mass is 10.0. The zero-order chi connectivity index (χ0) is 40.5. The lowest BCUT2D eigenvalue weighted by molar-refractivity contribution is 1.06. The average Bonchev–Trinajstić information content (AvgIpc) is 3.68. The lowest BCUT2D eigenvalue weighted by Gasteiger charge is -2.16. The van der Waals surface area contributed by atoms with Crippen molar-refractivity contribution in [2.24, 2.45) is 0 Å². The van der Waals surface area contributed by atoms with E-state index in [1.54, 1.807) is 0 Å². The zero-order valence-corrected chi connectivity index (χ0v) is 33.0. The fraction of sp³-hybridized carbons (Fsp3) is 0. The monoisotopic (exact) mass is 780 g/mol. The first-order chi connectivity index (χ1) is 30.2. The van der Waals surface area contributed by atoms with Gasteiger partial charge in [-0.3, -0.25) is 0 Å². The van der Waals surface area contributed by atoms with Crippen molar-refractivity contribution in [3.63, 3.8) is 0 Å². The molecular formula is C55H36N6. The summed E-state index contributed by atoms with van der Waals surface area (Å²) in [7, 11) is 0.